The van der Waals surface area contributed by atoms with E-state index in [2.05, 4.69) is 5.32 Å². The maximum atomic E-state index is 13.1. The van der Waals surface area contributed by atoms with Gasteiger partial charge < -0.3 is 19.9 Å². The monoisotopic (exact) mass is 255 g/mol. The largest absolute Gasteiger partial charge is 0.489 e. The molecule has 6 heteroatoms. The SMILES string of the molecule is C[C@@H](O)c1ccc(F)cc1OCC1CNC(=O)O1. The molecule has 1 saturated heterocycles. The topological polar surface area (TPSA) is 67.8 Å². The van der Waals surface area contributed by atoms with E-state index in [1.165, 1.54) is 18.2 Å². The Morgan fingerprint density at radius 1 is 1.67 bits per heavy atom. The molecule has 98 valence electrons. The van der Waals surface area contributed by atoms with Gasteiger partial charge in [-0.1, -0.05) is 0 Å². The van der Waals surface area contributed by atoms with Crippen LogP contribution in [0.5, 0.6) is 5.75 Å². The molecular weight excluding hydrogens is 241 g/mol. The highest BCUT2D eigenvalue weighted by Gasteiger charge is 2.23. The zero-order valence-electron chi connectivity index (χ0n) is 9.85. The number of aliphatic hydroxyl groups is 1. The van der Waals surface area contributed by atoms with E-state index in [4.69, 9.17) is 9.47 Å². The van der Waals surface area contributed by atoms with Gasteiger partial charge in [-0.15, -0.1) is 0 Å². The number of cyclic esters (lactones) is 1. The Hall–Kier alpha value is -1.82. The molecule has 1 amide bonds. The average molecular weight is 255 g/mol. The van der Waals surface area contributed by atoms with Crippen molar-refractivity contribution in [2.75, 3.05) is 13.2 Å². The Labute approximate surface area is 104 Å². The van der Waals surface area contributed by atoms with Crippen LogP contribution in [-0.2, 0) is 4.74 Å². The molecule has 1 aliphatic heterocycles. The Morgan fingerprint density at radius 3 is 3.06 bits per heavy atom. The van der Waals surface area contributed by atoms with Gasteiger partial charge in [0.25, 0.3) is 0 Å². The van der Waals surface area contributed by atoms with Gasteiger partial charge in [-0.05, 0) is 19.1 Å². The van der Waals surface area contributed by atoms with E-state index in [0.717, 1.165) is 0 Å². The van der Waals surface area contributed by atoms with Crippen LogP contribution >= 0.6 is 0 Å². The second-order valence-electron chi connectivity index (χ2n) is 4.08. The molecule has 2 N–H and O–H groups in total. The van der Waals surface area contributed by atoms with E-state index < -0.39 is 24.1 Å². The third-order valence-corrected chi connectivity index (χ3v) is 2.60. The van der Waals surface area contributed by atoms with Crippen molar-refractivity contribution in [3.05, 3.63) is 29.6 Å². The highest BCUT2D eigenvalue weighted by molar-refractivity contribution is 5.69. The third-order valence-electron chi connectivity index (χ3n) is 2.60. The van der Waals surface area contributed by atoms with Crippen molar-refractivity contribution in [3.8, 4) is 5.75 Å². The summed E-state index contributed by atoms with van der Waals surface area (Å²) >= 11 is 0. The molecule has 1 unspecified atom stereocenters. The smallest absolute Gasteiger partial charge is 0.407 e. The first-order valence-electron chi connectivity index (χ1n) is 5.61. The summed E-state index contributed by atoms with van der Waals surface area (Å²) < 4.78 is 23.4. The Bertz CT molecular complexity index is 450. The molecule has 0 aliphatic carbocycles. The fourth-order valence-corrected chi connectivity index (χ4v) is 1.69. The lowest BCUT2D eigenvalue weighted by atomic mass is 10.1. The number of hydrogen-bond donors (Lipinski definition) is 2. The number of aliphatic hydroxyl groups excluding tert-OH is 1. The number of halogens is 1. The third kappa shape index (κ3) is 2.89. The van der Waals surface area contributed by atoms with Crippen molar-refractivity contribution in [2.45, 2.75) is 19.1 Å². The minimum absolute atomic E-state index is 0.113. The van der Waals surface area contributed by atoms with E-state index in [-0.39, 0.29) is 12.4 Å². The molecule has 2 atom stereocenters. The summed E-state index contributed by atoms with van der Waals surface area (Å²) in [6, 6.07) is 3.92. The van der Waals surface area contributed by atoms with Gasteiger partial charge >= 0.3 is 6.09 Å². The van der Waals surface area contributed by atoms with Gasteiger partial charge in [-0.25, -0.2) is 9.18 Å². The number of benzene rings is 1. The summed E-state index contributed by atoms with van der Waals surface area (Å²) in [6.45, 7) is 2.04. The molecular formula is C12H14FNO4. The predicted molar refractivity (Wildman–Crippen MR) is 60.8 cm³/mol. The Balaban J connectivity index is 2.03. The van der Waals surface area contributed by atoms with Crippen LogP contribution in [0.3, 0.4) is 0 Å². The van der Waals surface area contributed by atoms with Gasteiger partial charge in [0.1, 0.15) is 18.2 Å². The summed E-state index contributed by atoms with van der Waals surface area (Å²) in [6.07, 6.45) is -1.65. The number of carbonyl (C=O) groups excluding carboxylic acids is 1. The zero-order valence-corrected chi connectivity index (χ0v) is 9.85. The highest BCUT2D eigenvalue weighted by atomic mass is 19.1. The standard InChI is InChI=1S/C12H14FNO4/c1-7(15)10-3-2-8(13)4-11(10)17-6-9-5-14-12(16)18-9/h2-4,7,9,15H,5-6H2,1H3,(H,14,16)/t7-,9?/m1/s1. The van der Waals surface area contributed by atoms with Crippen LogP contribution in [0.4, 0.5) is 9.18 Å². The van der Waals surface area contributed by atoms with Crippen molar-refractivity contribution in [2.24, 2.45) is 0 Å². The van der Waals surface area contributed by atoms with Gasteiger partial charge in [0.05, 0.1) is 12.6 Å². The van der Waals surface area contributed by atoms with Crippen LogP contribution in [0, 0.1) is 5.82 Å². The van der Waals surface area contributed by atoms with E-state index in [9.17, 15) is 14.3 Å². The molecule has 1 aliphatic rings. The second-order valence-corrected chi connectivity index (χ2v) is 4.08. The van der Waals surface area contributed by atoms with Crippen LogP contribution in [0.1, 0.15) is 18.6 Å². The van der Waals surface area contributed by atoms with Crippen LogP contribution in [0.15, 0.2) is 18.2 Å². The summed E-state index contributed by atoms with van der Waals surface area (Å²) in [5.41, 5.74) is 0.494. The Morgan fingerprint density at radius 2 is 2.44 bits per heavy atom. The summed E-state index contributed by atoms with van der Waals surface area (Å²) in [7, 11) is 0. The average Bonchev–Trinajstić information content (AvgIpc) is 2.72. The molecule has 1 aromatic carbocycles. The molecule has 18 heavy (non-hydrogen) atoms. The molecule has 0 saturated carbocycles. The fraction of sp³-hybridized carbons (Fsp3) is 0.417. The lowest BCUT2D eigenvalue weighted by Crippen LogP contribution is -2.22. The van der Waals surface area contributed by atoms with E-state index in [1.54, 1.807) is 6.92 Å². The Kier molecular flexibility index (Phi) is 3.66. The predicted octanol–water partition coefficient (Wildman–Crippen LogP) is 1.37. The minimum atomic E-state index is -0.759. The van der Waals surface area contributed by atoms with Crippen LogP contribution in [0.2, 0.25) is 0 Å². The maximum absolute atomic E-state index is 13.1. The molecule has 5 nitrogen and oxygen atoms in total. The van der Waals surface area contributed by atoms with Crippen LogP contribution < -0.4 is 10.1 Å². The molecule has 0 bridgehead atoms. The molecule has 0 spiro atoms. The number of hydrogen-bond acceptors (Lipinski definition) is 4. The first kappa shape index (κ1) is 12.6. The number of nitrogens with one attached hydrogen (secondary N) is 1. The highest BCUT2D eigenvalue weighted by Crippen LogP contribution is 2.26. The van der Waals surface area contributed by atoms with Gasteiger partial charge in [-0.2, -0.15) is 0 Å². The zero-order chi connectivity index (χ0) is 13.1. The normalized spacial score (nSPS) is 20.2. The number of carbonyl (C=O) groups is 1. The maximum Gasteiger partial charge on any atom is 0.407 e. The van der Waals surface area contributed by atoms with Gasteiger partial charge in [0, 0.05) is 11.6 Å². The molecule has 2 rings (SSSR count). The molecule has 0 radical (unpaired) electrons. The summed E-state index contributed by atoms with van der Waals surface area (Å²) in [5, 5.41) is 12.0. The van der Waals surface area contributed by atoms with Crippen LogP contribution in [-0.4, -0.2) is 30.5 Å². The van der Waals surface area contributed by atoms with Gasteiger partial charge in [-0.3, -0.25) is 0 Å². The quantitative estimate of drug-likeness (QED) is 0.852. The van der Waals surface area contributed by atoms with E-state index in [0.29, 0.717) is 12.1 Å². The minimum Gasteiger partial charge on any atom is -0.489 e. The van der Waals surface area contributed by atoms with Crippen LogP contribution in [0.25, 0.3) is 0 Å². The second kappa shape index (κ2) is 5.22. The molecule has 0 aromatic heterocycles. The first-order valence-corrected chi connectivity index (χ1v) is 5.61. The first-order chi connectivity index (χ1) is 8.56. The number of amides is 1. The van der Waals surface area contributed by atoms with E-state index >= 15 is 0 Å². The lowest BCUT2D eigenvalue weighted by molar-refractivity contribution is 0.102. The molecule has 1 aromatic rings. The van der Waals surface area contributed by atoms with Crippen molar-refractivity contribution in [1.29, 1.82) is 0 Å². The summed E-state index contributed by atoms with van der Waals surface area (Å²) in [4.78, 5) is 10.8. The van der Waals surface area contributed by atoms with Gasteiger partial charge in [0.2, 0.25) is 0 Å². The molecule has 1 heterocycles. The molecule has 1 fully saturated rings. The van der Waals surface area contributed by atoms with Crippen molar-refractivity contribution in [1.82, 2.24) is 5.32 Å². The number of ether oxygens (including phenoxy) is 2. The van der Waals surface area contributed by atoms with Crippen molar-refractivity contribution >= 4 is 6.09 Å². The number of rotatable bonds is 4. The van der Waals surface area contributed by atoms with Crippen molar-refractivity contribution < 1.29 is 23.8 Å². The number of alkyl carbamates (subject to hydrolysis) is 1. The van der Waals surface area contributed by atoms with Crippen molar-refractivity contribution in [3.63, 3.8) is 0 Å². The lowest BCUT2D eigenvalue weighted by Gasteiger charge is -2.15. The fourth-order valence-electron chi connectivity index (χ4n) is 1.69. The summed E-state index contributed by atoms with van der Waals surface area (Å²) in [5.74, 6) is -0.191. The van der Waals surface area contributed by atoms with Gasteiger partial charge in [0.15, 0.2) is 6.10 Å². The van der Waals surface area contributed by atoms with E-state index in [1.807, 2.05) is 0 Å².